The highest BCUT2D eigenvalue weighted by Gasteiger charge is 2.37. The van der Waals surface area contributed by atoms with Crippen LogP contribution in [-0.4, -0.2) is 98.3 Å². The molecule has 3 aliphatic heterocycles. The summed E-state index contributed by atoms with van der Waals surface area (Å²) < 4.78 is 16.7. The zero-order chi connectivity index (χ0) is 20.2. The van der Waals surface area contributed by atoms with E-state index in [9.17, 15) is 9.59 Å². The highest BCUT2D eigenvalue weighted by atomic mass is 16.6. The van der Waals surface area contributed by atoms with Crippen LogP contribution in [0.15, 0.2) is 24.3 Å². The zero-order valence-electron chi connectivity index (χ0n) is 16.9. The second-order valence-electron chi connectivity index (χ2n) is 7.70. The topological polar surface area (TPSA) is 71.6 Å². The van der Waals surface area contributed by atoms with Crippen molar-refractivity contribution < 1.29 is 23.8 Å². The van der Waals surface area contributed by atoms with Crippen LogP contribution in [0.25, 0.3) is 0 Å². The average molecular weight is 403 g/mol. The summed E-state index contributed by atoms with van der Waals surface area (Å²) in [6, 6.07) is 7.33. The van der Waals surface area contributed by atoms with Gasteiger partial charge in [0.2, 0.25) is 12.0 Å². The monoisotopic (exact) mass is 403 g/mol. The lowest BCUT2D eigenvalue weighted by Gasteiger charge is -2.30. The molecule has 2 saturated heterocycles. The van der Waals surface area contributed by atoms with Crippen molar-refractivity contribution in [3.63, 3.8) is 0 Å². The number of ether oxygens (including phenoxy) is 3. The van der Waals surface area contributed by atoms with E-state index in [2.05, 4.69) is 4.90 Å². The van der Waals surface area contributed by atoms with Gasteiger partial charge in [0.25, 0.3) is 5.91 Å². The Morgan fingerprint density at radius 2 is 1.97 bits per heavy atom. The number of para-hydroxylation sites is 2. The van der Waals surface area contributed by atoms with Crippen molar-refractivity contribution in [2.75, 3.05) is 59.6 Å². The highest BCUT2D eigenvalue weighted by Crippen LogP contribution is 2.31. The number of rotatable bonds is 5. The van der Waals surface area contributed by atoms with Gasteiger partial charge in [-0.3, -0.25) is 14.5 Å². The molecule has 3 aliphatic rings. The minimum Gasteiger partial charge on any atom is -0.485 e. The number of hydrogen-bond acceptors (Lipinski definition) is 6. The van der Waals surface area contributed by atoms with E-state index in [0.29, 0.717) is 44.3 Å². The van der Waals surface area contributed by atoms with Gasteiger partial charge < -0.3 is 24.0 Å². The number of likely N-dealkylation sites (tertiary alicyclic amines) is 1. The molecule has 2 atom stereocenters. The fraction of sp³-hybridized carbons (Fsp3) is 0.619. The summed E-state index contributed by atoms with van der Waals surface area (Å²) in [5.41, 5.74) is 0. The number of benzene rings is 1. The lowest BCUT2D eigenvalue weighted by atomic mass is 10.2. The summed E-state index contributed by atoms with van der Waals surface area (Å²) in [6.07, 6.45) is 1.07. The molecule has 0 aromatic heterocycles. The van der Waals surface area contributed by atoms with E-state index in [1.54, 1.807) is 7.11 Å². The first-order valence-corrected chi connectivity index (χ1v) is 10.4. The molecule has 29 heavy (non-hydrogen) atoms. The summed E-state index contributed by atoms with van der Waals surface area (Å²) in [5, 5.41) is 0. The Kier molecular flexibility index (Phi) is 6.20. The van der Waals surface area contributed by atoms with E-state index in [0.717, 1.165) is 25.9 Å². The summed E-state index contributed by atoms with van der Waals surface area (Å²) >= 11 is 0. The Balaban J connectivity index is 1.32. The Morgan fingerprint density at radius 3 is 2.79 bits per heavy atom. The van der Waals surface area contributed by atoms with E-state index in [1.807, 2.05) is 34.1 Å². The molecule has 158 valence electrons. The number of hydrogen-bond donors (Lipinski definition) is 0. The number of methoxy groups -OCH3 is 1. The molecule has 0 radical (unpaired) electrons. The molecule has 3 heterocycles. The van der Waals surface area contributed by atoms with Crippen molar-refractivity contribution in [2.45, 2.75) is 25.0 Å². The Labute approximate surface area is 171 Å². The van der Waals surface area contributed by atoms with E-state index in [1.165, 1.54) is 0 Å². The van der Waals surface area contributed by atoms with E-state index < -0.39 is 6.10 Å². The molecule has 8 nitrogen and oxygen atoms in total. The van der Waals surface area contributed by atoms with Gasteiger partial charge in [-0.25, -0.2) is 0 Å². The van der Waals surface area contributed by atoms with Gasteiger partial charge in [-0.05, 0) is 25.0 Å². The second-order valence-corrected chi connectivity index (χ2v) is 7.70. The minimum atomic E-state index is -0.617. The van der Waals surface area contributed by atoms with Gasteiger partial charge in [0.05, 0.1) is 12.6 Å². The van der Waals surface area contributed by atoms with Gasteiger partial charge in [-0.15, -0.1) is 0 Å². The first kappa shape index (κ1) is 20.0. The first-order valence-electron chi connectivity index (χ1n) is 10.4. The summed E-state index contributed by atoms with van der Waals surface area (Å²) in [4.78, 5) is 31.7. The van der Waals surface area contributed by atoms with Gasteiger partial charge in [-0.1, -0.05) is 12.1 Å². The lowest BCUT2D eigenvalue weighted by molar-refractivity contribution is -0.141. The number of nitrogens with zero attached hydrogens (tertiary/aromatic N) is 3. The van der Waals surface area contributed by atoms with Crippen molar-refractivity contribution in [3.8, 4) is 11.5 Å². The summed E-state index contributed by atoms with van der Waals surface area (Å²) in [7, 11) is 1.65. The van der Waals surface area contributed by atoms with Crippen LogP contribution in [0.2, 0.25) is 0 Å². The molecular weight excluding hydrogens is 374 g/mol. The molecule has 4 rings (SSSR count). The van der Waals surface area contributed by atoms with Crippen LogP contribution in [0.3, 0.4) is 0 Å². The van der Waals surface area contributed by atoms with Crippen molar-refractivity contribution >= 4 is 11.8 Å². The fourth-order valence-corrected chi connectivity index (χ4v) is 4.30. The fourth-order valence-electron chi connectivity index (χ4n) is 4.30. The molecule has 2 amide bonds. The van der Waals surface area contributed by atoms with E-state index in [-0.39, 0.29) is 24.5 Å². The quantitative estimate of drug-likeness (QED) is 0.717. The molecule has 0 N–H and O–H groups in total. The highest BCUT2D eigenvalue weighted by molar-refractivity contribution is 5.84. The zero-order valence-corrected chi connectivity index (χ0v) is 16.9. The third-order valence-electron chi connectivity index (χ3n) is 5.90. The molecule has 0 saturated carbocycles. The minimum absolute atomic E-state index is 0.0409. The van der Waals surface area contributed by atoms with Crippen LogP contribution in [0, 0.1) is 0 Å². The van der Waals surface area contributed by atoms with Crippen LogP contribution in [0.1, 0.15) is 12.8 Å². The number of amides is 2. The predicted molar refractivity (Wildman–Crippen MR) is 106 cm³/mol. The molecule has 0 bridgehead atoms. The molecule has 0 spiro atoms. The van der Waals surface area contributed by atoms with E-state index in [4.69, 9.17) is 14.2 Å². The summed E-state index contributed by atoms with van der Waals surface area (Å²) in [6.45, 7) is 5.00. The average Bonchev–Trinajstić information content (AvgIpc) is 2.96. The maximum Gasteiger partial charge on any atom is 0.267 e. The Morgan fingerprint density at radius 1 is 1.14 bits per heavy atom. The lowest BCUT2D eigenvalue weighted by Crippen LogP contribution is -2.48. The molecular formula is C21H29N3O5. The van der Waals surface area contributed by atoms with Crippen molar-refractivity contribution in [2.24, 2.45) is 0 Å². The van der Waals surface area contributed by atoms with Crippen LogP contribution < -0.4 is 9.47 Å². The van der Waals surface area contributed by atoms with Crippen LogP contribution in [0.5, 0.6) is 11.5 Å². The molecule has 8 heteroatoms. The van der Waals surface area contributed by atoms with Crippen molar-refractivity contribution in [1.29, 1.82) is 0 Å². The third-order valence-corrected chi connectivity index (χ3v) is 5.90. The Hall–Kier alpha value is -2.32. The number of fused-ring (bicyclic) bond motifs is 1. The predicted octanol–water partition coefficient (Wildman–Crippen LogP) is 0.608. The van der Waals surface area contributed by atoms with Gasteiger partial charge in [0, 0.05) is 46.4 Å². The number of carbonyl (C=O) groups is 2. The standard InChI is InChI=1S/C21H29N3O5/c1-27-14-13-24-10-7-16(20(24)25)22-8-4-9-23(12-11-22)21(26)19-15-28-17-5-2-3-6-18(17)29-19/h2-3,5-6,16,19H,4,7-15H2,1H3. The molecule has 0 aliphatic carbocycles. The van der Waals surface area contributed by atoms with Gasteiger partial charge in [-0.2, -0.15) is 0 Å². The van der Waals surface area contributed by atoms with E-state index >= 15 is 0 Å². The second kappa shape index (κ2) is 9.00. The largest absolute Gasteiger partial charge is 0.485 e. The SMILES string of the molecule is COCCN1CCC(N2CCCN(C(=O)C3COc4ccccc4O3)CC2)C1=O. The maximum absolute atomic E-state index is 13.0. The van der Waals surface area contributed by atoms with Crippen LogP contribution >= 0.6 is 0 Å². The molecule has 2 unspecified atom stereocenters. The van der Waals surface area contributed by atoms with Gasteiger partial charge in [0.1, 0.15) is 6.61 Å². The number of carbonyl (C=O) groups excluding carboxylic acids is 2. The van der Waals surface area contributed by atoms with Crippen molar-refractivity contribution in [1.82, 2.24) is 14.7 Å². The van der Waals surface area contributed by atoms with Crippen LogP contribution in [-0.2, 0) is 14.3 Å². The maximum atomic E-state index is 13.0. The first-order chi connectivity index (χ1) is 14.2. The van der Waals surface area contributed by atoms with Crippen molar-refractivity contribution in [3.05, 3.63) is 24.3 Å². The third kappa shape index (κ3) is 4.33. The molecule has 1 aromatic carbocycles. The van der Waals surface area contributed by atoms with Crippen LogP contribution in [0.4, 0.5) is 0 Å². The summed E-state index contributed by atoms with van der Waals surface area (Å²) in [5.74, 6) is 1.43. The smallest absolute Gasteiger partial charge is 0.267 e. The van der Waals surface area contributed by atoms with Gasteiger partial charge >= 0.3 is 0 Å². The molecule has 2 fully saturated rings. The Bertz CT molecular complexity index is 743. The van der Waals surface area contributed by atoms with Gasteiger partial charge in [0.15, 0.2) is 11.5 Å². The molecule has 1 aromatic rings. The normalized spacial score (nSPS) is 25.2.